The summed E-state index contributed by atoms with van der Waals surface area (Å²) in [5.74, 6) is -0.303. The van der Waals surface area contributed by atoms with Gasteiger partial charge in [-0.1, -0.05) is 36.4 Å². The maximum Gasteiger partial charge on any atom is 0.251 e. The molecule has 0 radical (unpaired) electrons. The van der Waals surface area contributed by atoms with E-state index in [-0.39, 0.29) is 11.5 Å². The van der Waals surface area contributed by atoms with Crippen LogP contribution in [-0.4, -0.2) is 4.98 Å². The van der Waals surface area contributed by atoms with Gasteiger partial charge in [-0.05, 0) is 41.6 Å². The van der Waals surface area contributed by atoms with Crippen LogP contribution in [0.2, 0.25) is 0 Å². The van der Waals surface area contributed by atoms with Crippen LogP contribution < -0.4 is 5.56 Å². The van der Waals surface area contributed by atoms with Gasteiger partial charge in [0.05, 0.1) is 12.0 Å². The van der Waals surface area contributed by atoms with Crippen molar-refractivity contribution in [2.75, 3.05) is 0 Å². The van der Waals surface area contributed by atoms with Gasteiger partial charge in [0.25, 0.3) is 5.56 Å². The van der Waals surface area contributed by atoms with Crippen molar-refractivity contribution in [1.82, 2.24) is 4.98 Å². The van der Waals surface area contributed by atoms with Gasteiger partial charge in [0.2, 0.25) is 0 Å². The normalized spacial score (nSPS) is 12.0. The van der Waals surface area contributed by atoms with Crippen LogP contribution in [0.4, 0.5) is 0 Å². The first-order valence-corrected chi connectivity index (χ1v) is 6.77. The fraction of sp³-hybridized carbons (Fsp3) is 0.111. The van der Waals surface area contributed by atoms with Gasteiger partial charge in [-0.15, -0.1) is 0 Å². The third kappa shape index (κ3) is 2.44. The summed E-state index contributed by atoms with van der Waals surface area (Å²) < 4.78 is 0. The Bertz CT molecular complexity index is 888. The first-order chi connectivity index (χ1) is 10.2. The summed E-state index contributed by atoms with van der Waals surface area (Å²) in [7, 11) is 0. The van der Waals surface area contributed by atoms with Crippen molar-refractivity contribution in [1.29, 1.82) is 5.26 Å². The van der Waals surface area contributed by atoms with Gasteiger partial charge in [-0.2, -0.15) is 5.26 Å². The van der Waals surface area contributed by atoms with Crippen molar-refractivity contribution in [3.63, 3.8) is 0 Å². The first-order valence-electron chi connectivity index (χ1n) is 6.77. The van der Waals surface area contributed by atoms with Gasteiger partial charge >= 0.3 is 0 Å². The number of pyridine rings is 1. The largest absolute Gasteiger partial charge is 0.322 e. The first kappa shape index (κ1) is 13.1. The fourth-order valence-corrected chi connectivity index (χ4v) is 2.50. The molecule has 0 amide bonds. The second kappa shape index (κ2) is 5.26. The van der Waals surface area contributed by atoms with E-state index in [4.69, 9.17) is 0 Å². The zero-order valence-corrected chi connectivity index (χ0v) is 11.6. The molecule has 1 N–H and O–H groups in total. The van der Waals surface area contributed by atoms with Crippen LogP contribution >= 0.6 is 0 Å². The van der Waals surface area contributed by atoms with Crippen LogP contribution in [0.1, 0.15) is 22.6 Å². The average Bonchev–Trinajstić information content (AvgIpc) is 2.50. The molecule has 1 atom stereocenters. The Morgan fingerprint density at radius 3 is 2.52 bits per heavy atom. The molecule has 1 unspecified atom stereocenters. The smallest absolute Gasteiger partial charge is 0.251 e. The highest BCUT2D eigenvalue weighted by atomic mass is 16.1. The van der Waals surface area contributed by atoms with Crippen LogP contribution in [0.5, 0.6) is 0 Å². The van der Waals surface area contributed by atoms with E-state index in [1.54, 1.807) is 6.92 Å². The maximum atomic E-state index is 11.6. The molecule has 0 saturated heterocycles. The van der Waals surface area contributed by atoms with Gasteiger partial charge in [0.1, 0.15) is 0 Å². The van der Waals surface area contributed by atoms with Crippen LogP contribution in [-0.2, 0) is 0 Å². The molecule has 0 aliphatic heterocycles. The lowest BCUT2D eigenvalue weighted by Gasteiger charge is -2.11. The van der Waals surface area contributed by atoms with Crippen molar-refractivity contribution < 1.29 is 0 Å². The molecule has 0 saturated carbocycles. The Morgan fingerprint density at radius 1 is 1.05 bits per heavy atom. The molecule has 3 nitrogen and oxygen atoms in total. The number of H-pyrrole nitrogens is 1. The van der Waals surface area contributed by atoms with E-state index in [9.17, 15) is 10.1 Å². The average molecular weight is 274 g/mol. The number of fused-ring (bicyclic) bond motifs is 1. The molecule has 0 aliphatic rings. The van der Waals surface area contributed by atoms with Crippen LogP contribution in [0, 0.1) is 18.3 Å². The lowest BCUT2D eigenvalue weighted by Crippen LogP contribution is -2.08. The second-order valence-corrected chi connectivity index (χ2v) is 5.10. The summed E-state index contributed by atoms with van der Waals surface area (Å²) in [6.45, 7) is 1.78. The minimum absolute atomic E-state index is 0.0739. The molecule has 3 aromatic rings. The van der Waals surface area contributed by atoms with Gasteiger partial charge in [0.15, 0.2) is 0 Å². The van der Waals surface area contributed by atoms with Crippen LogP contribution in [0.3, 0.4) is 0 Å². The Balaban J connectivity index is 2.14. The molecule has 3 heteroatoms. The van der Waals surface area contributed by atoms with E-state index in [1.807, 2.05) is 54.6 Å². The highest BCUT2D eigenvalue weighted by molar-refractivity contribution is 5.80. The molecule has 102 valence electrons. The molecule has 3 rings (SSSR count). The third-order valence-electron chi connectivity index (χ3n) is 3.65. The lowest BCUT2D eigenvalue weighted by atomic mass is 9.91. The molecular formula is C18H14N2O. The summed E-state index contributed by atoms with van der Waals surface area (Å²) in [6.07, 6.45) is 0. The zero-order valence-electron chi connectivity index (χ0n) is 11.6. The van der Waals surface area contributed by atoms with Crippen molar-refractivity contribution in [2.45, 2.75) is 12.8 Å². The van der Waals surface area contributed by atoms with Gasteiger partial charge in [0, 0.05) is 11.1 Å². The monoisotopic (exact) mass is 274 g/mol. The van der Waals surface area contributed by atoms with Crippen molar-refractivity contribution in [2.24, 2.45) is 0 Å². The van der Waals surface area contributed by atoms with Gasteiger partial charge in [-0.3, -0.25) is 4.79 Å². The SMILES string of the molecule is Cc1cc2cc(C(C#N)c3ccccc3)ccc2[nH]c1=O. The standard InChI is InChI=1S/C18H14N2O/c1-12-9-15-10-14(7-8-17(15)20-18(12)21)16(11-19)13-5-3-2-4-6-13/h2-10,16H,1H3,(H,20,21). The number of aromatic nitrogens is 1. The Morgan fingerprint density at radius 2 is 1.81 bits per heavy atom. The highest BCUT2D eigenvalue weighted by Crippen LogP contribution is 2.26. The third-order valence-corrected chi connectivity index (χ3v) is 3.65. The van der Waals surface area contributed by atoms with Gasteiger partial charge < -0.3 is 4.98 Å². The Labute approximate surface area is 122 Å². The number of hydrogen-bond donors (Lipinski definition) is 1. The van der Waals surface area contributed by atoms with E-state index in [0.717, 1.165) is 22.0 Å². The predicted octanol–water partition coefficient (Wildman–Crippen LogP) is 3.49. The molecular weight excluding hydrogens is 260 g/mol. The number of nitriles is 1. The molecule has 0 aliphatic carbocycles. The summed E-state index contributed by atoms with van der Waals surface area (Å²) in [6, 6.07) is 19.7. The molecule has 1 heterocycles. The number of nitrogens with one attached hydrogen (secondary N) is 1. The van der Waals surface area contributed by atoms with Crippen molar-refractivity contribution in [3.8, 4) is 6.07 Å². The fourth-order valence-electron chi connectivity index (χ4n) is 2.50. The maximum absolute atomic E-state index is 11.6. The summed E-state index contributed by atoms with van der Waals surface area (Å²) in [5, 5.41) is 10.4. The molecule has 1 aromatic heterocycles. The van der Waals surface area contributed by atoms with E-state index < -0.39 is 0 Å². The number of nitrogens with zero attached hydrogens (tertiary/aromatic N) is 1. The Hall–Kier alpha value is -2.86. The summed E-state index contributed by atoms with van der Waals surface area (Å²) in [5.41, 5.74) is 3.30. The molecule has 2 aromatic carbocycles. The van der Waals surface area contributed by atoms with Crippen LogP contribution in [0.25, 0.3) is 10.9 Å². The molecule has 0 fully saturated rings. The quantitative estimate of drug-likeness (QED) is 0.777. The predicted molar refractivity (Wildman–Crippen MR) is 83.2 cm³/mol. The number of rotatable bonds is 2. The van der Waals surface area contributed by atoms with Crippen molar-refractivity contribution in [3.05, 3.63) is 81.6 Å². The number of aryl methyl sites for hydroxylation is 1. The molecule has 0 spiro atoms. The summed E-state index contributed by atoms with van der Waals surface area (Å²) in [4.78, 5) is 14.5. The molecule has 21 heavy (non-hydrogen) atoms. The minimum atomic E-state index is -0.303. The van der Waals surface area contributed by atoms with Crippen molar-refractivity contribution >= 4 is 10.9 Å². The second-order valence-electron chi connectivity index (χ2n) is 5.10. The van der Waals surface area contributed by atoms with Crippen LogP contribution in [0.15, 0.2) is 59.4 Å². The number of aromatic amines is 1. The van der Waals surface area contributed by atoms with E-state index in [0.29, 0.717) is 5.56 Å². The van der Waals surface area contributed by atoms with Gasteiger partial charge in [-0.25, -0.2) is 0 Å². The van der Waals surface area contributed by atoms with E-state index >= 15 is 0 Å². The minimum Gasteiger partial charge on any atom is -0.322 e. The van der Waals surface area contributed by atoms with E-state index in [1.165, 1.54) is 0 Å². The number of benzene rings is 2. The Kier molecular flexibility index (Phi) is 3.29. The summed E-state index contributed by atoms with van der Waals surface area (Å²) >= 11 is 0. The number of hydrogen-bond acceptors (Lipinski definition) is 2. The molecule has 0 bridgehead atoms. The zero-order chi connectivity index (χ0) is 14.8. The topological polar surface area (TPSA) is 56.6 Å². The highest BCUT2D eigenvalue weighted by Gasteiger charge is 2.13. The van der Waals surface area contributed by atoms with E-state index in [2.05, 4.69) is 11.1 Å². The lowest BCUT2D eigenvalue weighted by molar-refractivity contribution is 1.04.